The van der Waals surface area contributed by atoms with Crippen molar-refractivity contribution in [3.05, 3.63) is 0 Å². The zero-order chi connectivity index (χ0) is 10.1. The summed E-state index contributed by atoms with van der Waals surface area (Å²) in [5.74, 6) is 0. The lowest BCUT2D eigenvalue weighted by atomic mass is 9.90. The van der Waals surface area contributed by atoms with Crippen LogP contribution in [-0.4, -0.2) is 32.9 Å². The molecule has 1 aliphatic carbocycles. The standard InChI is InChI=1S/C6H12N2O4S/c1-13(10,11)8-4-2-5(3-4)12-6(7)9/h4-5,8H,2-3H2,1H3,(H2,7,9). The van der Waals surface area contributed by atoms with E-state index < -0.39 is 16.1 Å². The summed E-state index contributed by atoms with van der Waals surface area (Å²) >= 11 is 0. The molecule has 0 spiro atoms. The van der Waals surface area contributed by atoms with Crippen LogP contribution in [0.5, 0.6) is 0 Å². The molecule has 6 nitrogen and oxygen atoms in total. The molecular formula is C6H12N2O4S. The Kier molecular flexibility index (Phi) is 2.77. The highest BCUT2D eigenvalue weighted by molar-refractivity contribution is 7.88. The van der Waals surface area contributed by atoms with Crippen molar-refractivity contribution in [2.45, 2.75) is 25.0 Å². The predicted molar refractivity (Wildman–Crippen MR) is 45.5 cm³/mol. The van der Waals surface area contributed by atoms with Gasteiger partial charge in [0.2, 0.25) is 10.0 Å². The van der Waals surface area contributed by atoms with Gasteiger partial charge in [-0.25, -0.2) is 17.9 Å². The fraction of sp³-hybridized carbons (Fsp3) is 0.833. The van der Waals surface area contributed by atoms with Crippen LogP contribution < -0.4 is 10.5 Å². The number of nitrogens with one attached hydrogen (secondary N) is 1. The van der Waals surface area contributed by atoms with Crippen LogP contribution in [0.15, 0.2) is 0 Å². The van der Waals surface area contributed by atoms with Crippen molar-refractivity contribution in [1.82, 2.24) is 4.72 Å². The summed E-state index contributed by atoms with van der Waals surface area (Å²) in [5.41, 5.74) is 4.78. The van der Waals surface area contributed by atoms with Crippen LogP contribution in [-0.2, 0) is 14.8 Å². The zero-order valence-electron chi connectivity index (χ0n) is 7.19. The lowest BCUT2D eigenvalue weighted by Gasteiger charge is -2.33. The third kappa shape index (κ3) is 3.60. The maximum atomic E-state index is 10.7. The second kappa shape index (κ2) is 3.51. The molecule has 1 saturated carbocycles. The summed E-state index contributed by atoms with van der Waals surface area (Å²) < 4.78 is 28.5. The molecule has 1 rings (SSSR count). The van der Waals surface area contributed by atoms with Crippen molar-refractivity contribution in [2.24, 2.45) is 5.73 Å². The normalized spacial score (nSPS) is 27.8. The number of ether oxygens (including phenoxy) is 1. The number of rotatable bonds is 3. The maximum Gasteiger partial charge on any atom is 0.404 e. The molecule has 1 aliphatic rings. The van der Waals surface area contributed by atoms with E-state index in [0.717, 1.165) is 6.26 Å². The summed E-state index contributed by atoms with van der Waals surface area (Å²) in [4.78, 5) is 10.3. The fourth-order valence-corrected chi connectivity index (χ4v) is 2.02. The predicted octanol–water partition coefficient (Wildman–Crippen LogP) is -0.838. The summed E-state index contributed by atoms with van der Waals surface area (Å²) in [7, 11) is -3.16. The van der Waals surface area contributed by atoms with Crippen LogP contribution in [0.3, 0.4) is 0 Å². The summed E-state index contributed by atoms with van der Waals surface area (Å²) in [6, 6.07) is -0.126. The van der Waals surface area contributed by atoms with Gasteiger partial charge in [-0.3, -0.25) is 0 Å². The zero-order valence-corrected chi connectivity index (χ0v) is 8.00. The average molecular weight is 208 g/mol. The van der Waals surface area contributed by atoms with Gasteiger partial charge in [0.15, 0.2) is 0 Å². The van der Waals surface area contributed by atoms with Crippen LogP contribution >= 0.6 is 0 Å². The lowest BCUT2D eigenvalue weighted by Crippen LogP contribution is -2.48. The Morgan fingerprint density at radius 3 is 2.46 bits per heavy atom. The van der Waals surface area contributed by atoms with Gasteiger partial charge in [-0.2, -0.15) is 0 Å². The van der Waals surface area contributed by atoms with Gasteiger partial charge >= 0.3 is 6.09 Å². The van der Waals surface area contributed by atoms with Crippen LogP contribution in [0.1, 0.15) is 12.8 Å². The minimum absolute atomic E-state index is 0.126. The Morgan fingerprint density at radius 1 is 1.54 bits per heavy atom. The largest absolute Gasteiger partial charge is 0.446 e. The van der Waals surface area contributed by atoms with Gasteiger partial charge in [-0.1, -0.05) is 0 Å². The molecule has 76 valence electrons. The number of nitrogens with two attached hydrogens (primary N) is 1. The van der Waals surface area contributed by atoms with E-state index in [1.54, 1.807) is 0 Å². The number of primary amides is 1. The lowest BCUT2D eigenvalue weighted by molar-refractivity contribution is 0.0434. The Balaban J connectivity index is 2.23. The second-order valence-electron chi connectivity index (χ2n) is 3.12. The van der Waals surface area contributed by atoms with Crippen molar-refractivity contribution in [2.75, 3.05) is 6.26 Å². The van der Waals surface area contributed by atoms with Crippen molar-refractivity contribution in [1.29, 1.82) is 0 Å². The molecule has 0 aliphatic heterocycles. The van der Waals surface area contributed by atoms with Crippen molar-refractivity contribution < 1.29 is 17.9 Å². The van der Waals surface area contributed by atoms with E-state index in [4.69, 9.17) is 5.73 Å². The third-order valence-electron chi connectivity index (χ3n) is 1.76. The number of carbonyl (C=O) groups excluding carboxylic acids is 1. The molecule has 0 saturated heterocycles. The molecule has 0 atom stereocenters. The van der Waals surface area contributed by atoms with Crippen molar-refractivity contribution in [3.63, 3.8) is 0 Å². The molecule has 3 N–H and O–H groups in total. The topological polar surface area (TPSA) is 98.5 Å². The second-order valence-corrected chi connectivity index (χ2v) is 4.90. The van der Waals surface area contributed by atoms with E-state index in [9.17, 15) is 13.2 Å². The van der Waals surface area contributed by atoms with Gasteiger partial charge in [0, 0.05) is 18.9 Å². The first-order valence-corrected chi connectivity index (χ1v) is 5.69. The Hall–Kier alpha value is -0.820. The summed E-state index contributed by atoms with van der Waals surface area (Å²) in [6.45, 7) is 0. The third-order valence-corrected chi connectivity index (χ3v) is 2.52. The molecule has 1 amide bonds. The first-order valence-electron chi connectivity index (χ1n) is 3.80. The van der Waals surface area contributed by atoms with E-state index in [1.165, 1.54) is 0 Å². The molecule has 0 heterocycles. The first-order chi connectivity index (χ1) is 5.87. The highest BCUT2D eigenvalue weighted by Crippen LogP contribution is 2.23. The van der Waals surface area contributed by atoms with Crippen LogP contribution in [0, 0.1) is 0 Å². The number of hydrogen-bond acceptors (Lipinski definition) is 4. The van der Waals surface area contributed by atoms with E-state index in [1.807, 2.05) is 0 Å². The number of hydrogen-bond donors (Lipinski definition) is 2. The van der Waals surface area contributed by atoms with E-state index in [2.05, 4.69) is 9.46 Å². The Morgan fingerprint density at radius 2 is 2.08 bits per heavy atom. The highest BCUT2D eigenvalue weighted by atomic mass is 32.2. The molecule has 7 heteroatoms. The van der Waals surface area contributed by atoms with E-state index >= 15 is 0 Å². The molecule has 0 bridgehead atoms. The molecule has 0 aromatic rings. The number of amides is 1. The van der Waals surface area contributed by atoms with Crippen LogP contribution in [0.25, 0.3) is 0 Å². The van der Waals surface area contributed by atoms with E-state index in [-0.39, 0.29) is 12.1 Å². The van der Waals surface area contributed by atoms with Gasteiger partial charge < -0.3 is 10.5 Å². The van der Waals surface area contributed by atoms with Gasteiger partial charge in [-0.15, -0.1) is 0 Å². The molecule has 0 aromatic carbocycles. The smallest absolute Gasteiger partial charge is 0.404 e. The van der Waals surface area contributed by atoms with Crippen molar-refractivity contribution >= 4 is 16.1 Å². The first kappa shape index (κ1) is 10.3. The molecule has 0 unspecified atom stereocenters. The molecule has 0 aromatic heterocycles. The van der Waals surface area contributed by atoms with Gasteiger partial charge in [0.25, 0.3) is 0 Å². The summed E-state index contributed by atoms with van der Waals surface area (Å²) in [5, 5.41) is 0. The number of sulfonamides is 1. The quantitative estimate of drug-likeness (QED) is 0.631. The van der Waals surface area contributed by atoms with Gasteiger partial charge in [-0.05, 0) is 0 Å². The minimum atomic E-state index is -3.16. The van der Waals surface area contributed by atoms with Gasteiger partial charge in [0.05, 0.1) is 6.26 Å². The van der Waals surface area contributed by atoms with Gasteiger partial charge in [0.1, 0.15) is 6.10 Å². The Labute approximate surface area is 76.5 Å². The van der Waals surface area contributed by atoms with Crippen LogP contribution in [0.2, 0.25) is 0 Å². The highest BCUT2D eigenvalue weighted by Gasteiger charge is 2.33. The maximum absolute atomic E-state index is 10.7. The number of carbonyl (C=O) groups is 1. The van der Waals surface area contributed by atoms with Crippen LogP contribution in [0.4, 0.5) is 4.79 Å². The monoisotopic (exact) mass is 208 g/mol. The summed E-state index contributed by atoms with van der Waals surface area (Å²) in [6.07, 6.45) is 1.03. The minimum Gasteiger partial charge on any atom is -0.446 e. The SMILES string of the molecule is CS(=O)(=O)NC1CC(OC(N)=O)C1. The molecule has 13 heavy (non-hydrogen) atoms. The fourth-order valence-electron chi connectivity index (χ4n) is 1.23. The average Bonchev–Trinajstić information content (AvgIpc) is 1.78. The molecular weight excluding hydrogens is 196 g/mol. The molecule has 1 fully saturated rings. The van der Waals surface area contributed by atoms with Crippen molar-refractivity contribution in [3.8, 4) is 0 Å². The Bertz CT molecular complexity index is 294. The van der Waals surface area contributed by atoms with E-state index in [0.29, 0.717) is 12.8 Å². The molecule has 0 radical (unpaired) electrons.